The van der Waals surface area contributed by atoms with Gasteiger partial charge in [0, 0.05) is 5.56 Å². The van der Waals surface area contributed by atoms with E-state index in [9.17, 15) is 9.18 Å². The molecule has 0 saturated carbocycles. The normalized spacial score (nSPS) is 10.2. The number of carboxylic acids is 1. The van der Waals surface area contributed by atoms with Crippen LogP contribution in [0.25, 0.3) is 11.3 Å². The summed E-state index contributed by atoms with van der Waals surface area (Å²) in [6.07, 6.45) is 1.47. The summed E-state index contributed by atoms with van der Waals surface area (Å²) in [7, 11) is 0. The van der Waals surface area contributed by atoms with E-state index in [4.69, 9.17) is 9.52 Å². The quantitative estimate of drug-likeness (QED) is 0.821. The third-order valence-corrected chi connectivity index (χ3v) is 2.01. The Morgan fingerprint density at radius 3 is 2.67 bits per heavy atom. The highest BCUT2D eigenvalue weighted by Gasteiger charge is 2.11. The fraction of sp³-hybridized carbons (Fsp3) is 0. The second kappa shape index (κ2) is 3.57. The molecule has 2 aromatic rings. The number of halogens is 1. The van der Waals surface area contributed by atoms with Crippen molar-refractivity contribution in [2.45, 2.75) is 0 Å². The van der Waals surface area contributed by atoms with Crippen molar-refractivity contribution >= 4 is 5.97 Å². The molecule has 1 aromatic heterocycles. The first-order valence-corrected chi connectivity index (χ1v) is 4.25. The number of aromatic carboxylic acids is 1. The third kappa shape index (κ3) is 1.74. The van der Waals surface area contributed by atoms with E-state index < -0.39 is 11.8 Å². The zero-order valence-corrected chi connectivity index (χ0v) is 7.61. The summed E-state index contributed by atoms with van der Waals surface area (Å²) in [6, 6.07) is 7.22. The van der Waals surface area contributed by atoms with E-state index in [0.29, 0.717) is 11.3 Å². The highest BCUT2D eigenvalue weighted by Crippen LogP contribution is 2.22. The van der Waals surface area contributed by atoms with E-state index in [1.54, 1.807) is 12.1 Å². The standard InChI is InChI=1S/C11H7FO3/c12-9-6-7(10-2-1-5-15-10)3-4-8(9)11(13)14/h1-6H,(H,13,14). The Hall–Kier alpha value is -2.10. The molecular weight excluding hydrogens is 199 g/mol. The predicted molar refractivity (Wildman–Crippen MR) is 51.1 cm³/mol. The number of benzene rings is 1. The van der Waals surface area contributed by atoms with E-state index in [2.05, 4.69) is 0 Å². The van der Waals surface area contributed by atoms with Crippen LogP contribution in [0.4, 0.5) is 4.39 Å². The molecule has 0 spiro atoms. The smallest absolute Gasteiger partial charge is 0.338 e. The Morgan fingerprint density at radius 1 is 1.33 bits per heavy atom. The summed E-state index contributed by atoms with van der Waals surface area (Å²) < 4.78 is 18.3. The van der Waals surface area contributed by atoms with Gasteiger partial charge in [0.25, 0.3) is 0 Å². The van der Waals surface area contributed by atoms with Crippen LogP contribution in [0.15, 0.2) is 41.0 Å². The molecule has 1 N–H and O–H groups in total. The molecule has 0 aliphatic rings. The molecule has 3 nitrogen and oxygen atoms in total. The number of furan rings is 1. The minimum Gasteiger partial charge on any atom is -0.478 e. The first-order valence-electron chi connectivity index (χ1n) is 4.25. The Kier molecular flexibility index (Phi) is 2.25. The lowest BCUT2D eigenvalue weighted by Crippen LogP contribution is -1.99. The summed E-state index contributed by atoms with van der Waals surface area (Å²) in [5.41, 5.74) is 0.174. The van der Waals surface area contributed by atoms with Crippen LogP contribution in [0.5, 0.6) is 0 Å². The largest absolute Gasteiger partial charge is 0.478 e. The Morgan fingerprint density at radius 2 is 2.13 bits per heavy atom. The summed E-state index contributed by atoms with van der Waals surface area (Å²) in [5.74, 6) is -1.54. The fourth-order valence-corrected chi connectivity index (χ4v) is 1.28. The first kappa shape index (κ1) is 9.45. The molecule has 1 aromatic carbocycles. The lowest BCUT2D eigenvalue weighted by atomic mass is 10.1. The van der Waals surface area contributed by atoms with Crippen LogP contribution in [-0.4, -0.2) is 11.1 Å². The van der Waals surface area contributed by atoms with Gasteiger partial charge in [-0.1, -0.05) is 6.07 Å². The van der Waals surface area contributed by atoms with Crippen molar-refractivity contribution in [1.29, 1.82) is 0 Å². The molecule has 0 saturated heterocycles. The molecule has 0 unspecified atom stereocenters. The van der Waals surface area contributed by atoms with Gasteiger partial charge in [0.15, 0.2) is 0 Å². The molecule has 0 atom stereocenters. The lowest BCUT2D eigenvalue weighted by Gasteiger charge is -2.00. The van der Waals surface area contributed by atoms with E-state index in [0.717, 1.165) is 6.07 Å². The highest BCUT2D eigenvalue weighted by atomic mass is 19.1. The highest BCUT2D eigenvalue weighted by molar-refractivity contribution is 5.88. The average Bonchev–Trinajstić information content (AvgIpc) is 2.69. The second-order valence-corrected chi connectivity index (χ2v) is 2.98. The molecule has 76 valence electrons. The van der Waals surface area contributed by atoms with Crippen LogP contribution in [0.2, 0.25) is 0 Å². The molecule has 0 bridgehead atoms. The maximum atomic E-state index is 13.3. The van der Waals surface area contributed by atoms with Gasteiger partial charge in [-0.05, 0) is 24.3 Å². The van der Waals surface area contributed by atoms with E-state index in [1.165, 1.54) is 18.4 Å². The van der Waals surface area contributed by atoms with Gasteiger partial charge in [-0.2, -0.15) is 0 Å². The maximum absolute atomic E-state index is 13.3. The van der Waals surface area contributed by atoms with Gasteiger partial charge < -0.3 is 9.52 Å². The van der Waals surface area contributed by atoms with Crippen LogP contribution in [0.1, 0.15) is 10.4 Å². The predicted octanol–water partition coefficient (Wildman–Crippen LogP) is 2.78. The monoisotopic (exact) mass is 206 g/mol. The number of rotatable bonds is 2. The summed E-state index contributed by atoms with van der Waals surface area (Å²) in [4.78, 5) is 10.6. The van der Waals surface area contributed by atoms with Crippen LogP contribution >= 0.6 is 0 Å². The van der Waals surface area contributed by atoms with Crippen molar-refractivity contribution in [3.63, 3.8) is 0 Å². The van der Waals surface area contributed by atoms with Crippen LogP contribution < -0.4 is 0 Å². The molecule has 0 aliphatic carbocycles. The molecule has 2 rings (SSSR count). The molecule has 0 amide bonds. The van der Waals surface area contributed by atoms with Crippen molar-refractivity contribution in [2.24, 2.45) is 0 Å². The molecule has 0 radical (unpaired) electrons. The van der Waals surface area contributed by atoms with Crippen LogP contribution in [0, 0.1) is 5.82 Å². The summed E-state index contributed by atoms with van der Waals surface area (Å²) in [6.45, 7) is 0. The second-order valence-electron chi connectivity index (χ2n) is 2.98. The average molecular weight is 206 g/mol. The van der Waals surface area contributed by atoms with Gasteiger partial charge in [0.05, 0.1) is 11.8 Å². The summed E-state index contributed by atoms with van der Waals surface area (Å²) >= 11 is 0. The third-order valence-electron chi connectivity index (χ3n) is 2.01. The van der Waals surface area contributed by atoms with Gasteiger partial charge >= 0.3 is 5.97 Å². The van der Waals surface area contributed by atoms with Crippen LogP contribution in [0.3, 0.4) is 0 Å². The van der Waals surface area contributed by atoms with E-state index in [1.807, 2.05) is 0 Å². The molecule has 4 heteroatoms. The van der Waals surface area contributed by atoms with Gasteiger partial charge in [-0.15, -0.1) is 0 Å². The Labute approximate surface area is 84.8 Å². The topological polar surface area (TPSA) is 50.4 Å². The van der Waals surface area contributed by atoms with Crippen molar-refractivity contribution in [3.05, 3.63) is 48.0 Å². The maximum Gasteiger partial charge on any atom is 0.338 e. The minimum absolute atomic E-state index is 0.342. The van der Waals surface area contributed by atoms with Crippen molar-refractivity contribution in [3.8, 4) is 11.3 Å². The molecule has 1 heterocycles. The van der Waals surface area contributed by atoms with Crippen LogP contribution in [-0.2, 0) is 0 Å². The molecule has 15 heavy (non-hydrogen) atoms. The van der Waals surface area contributed by atoms with Gasteiger partial charge in [-0.25, -0.2) is 9.18 Å². The SMILES string of the molecule is O=C(O)c1ccc(-c2ccco2)cc1F. The Bertz CT molecular complexity index is 489. The molecule has 0 fully saturated rings. The van der Waals surface area contributed by atoms with Crippen molar-refractivity contribution in [2.75, 3.05) is 0 Å². The number of carbonyl (C=O) groups is 1. The number of hydrogen-bond acceptors (Lipinski definition) is 2. The number of hydrogen-bond donors (Lipinski definition) is 1. The minimum atomic E-state index is -1.28. The van der Waals surface area contributed by atoms with E-state index in [-0.39, 0.29) is 5.56 Å². The van der Waals surface area contributed by atoms with Gasteiger partial charge in [-0.3, -0.25) is 0 Å². The zero-order valence-electron chi connectivity index (χ0n) is 7.61. The van der Waals surface area contributed by atoms with E-state index >= 15 is 0 Å². The first-order chi connectivity index (χ1) is 7.18. The summed E-state index contributed by atoms with van der Waals surface area (Å²) in [5, 5.41) is 8.62. The van der Waals surface area contributed by atoms with Crippen molar-refractivity contribution in [1.82, 2.24) is 0 Å². The van der Waals surface area contributed by atoms with Crippen molar-refractivity contribution < 1.29 is 18.7 Å². The van der Waals surface area contributed by atoms with Gasteiger partial charge in [0.1, 0.15) is 11.6 Å². The lowest BCUT2D eigenvalue weighted by molar-refractivity contribution is 0.0692. The zero-order chi connectivity index (χ0) is 10.8. The number of carboxylic acid groups (broad SMARTS) is 1. The Balaban J connectivity index is 2.47. The fourth-order valence-electron chi connectivity index (χ4n) is 1.28. The molecule has 0 aliphatic heterocycles. The molecular formula is C11H7FO3. The van der Waals surface area contributed by atoms with Gasteiger partial charge in [0.2, 0.25) is 0 Å².